The third-order valence-corrected chi connectivity index (χ3v) is 1.86. The second kappa shape index (κ2) is 4.36. The van der Waals surface area contributed by atoms with Gasteiger partial charge in [0.15, 0.2) is 0 Å². The molecule has 0 amide bonds. The average Bonchev–Trinajstić information content (AvgIpc) is 2.09. The lowest BCUT2D eigenvalue weighted by Gasteiger charge is -2.37. The van der Waals surface area contributed by atoms with Crippen molar-refractivity contribution in [3.8, 4) is 0 Å². The van der Waals surface area contributed by atoms with Gasteiger partial charge in [-0.2, -0.15) is 10.6 Å². The molecule has 0 bridgehead atoms. The van der Waals surface area contributed by atoms with Crippen LogP contribution < -0.4 is 5.53 Å². The van der Waals surface area contributed by atoms with E-state index in [0.717, 1.165) is 26.2 Å². The summed E-state index contributed by atoms with van der Waals surface area (Å²) in [6.45, 7) is 6.67. The molecule has 0 aromatic rings. The molecule has 1 rings (SSSR count). The van der Waals surface area contributed by atoms with Gasteiger partial charge < -0.3 is 10.1 Å². The molecule has 1 fully saturated rings. The first kappa shape index (κ1) is 9.40. The standard InChI is InChI=1S/C6H14N5O/c1-7-11(12)8-10-5-3-9(2)4-6-10/h8H,1,3-6H2,2H3/q-1. The lowest BCUT2D eigenvalue weighted by molar-refractivity contribution is 0.0229. The molecule has 1 saturated heterocycles. The van der Waals surface area contributed by atoms with Crippen LogP contribution in [0.1, 0.15) is 0 Å². The lowest BCUT2D eigenvalue weighted by atomic mass is 10.4. The predicted octanol–water partition coefficient (Wildman–Crippen LogP) is -0.931. The van der Waals surface area contributed by atoms with Crippen LogP contribution in [0.5, 0.6) is 0 Å². The molecule has 0 aliphatic carbocycles. The van der Waals surface area contributed by atoms with Crippen molar-refractivity contribution in [1.29, 1.82) is 0 Å². The Kier molecular flexibility index (Phi) is 3.42. The van der Waals surface area contributed by atoms with E-state index in [9.17, 15) is 5.21 Å². The molecule has 1 N–H and O–H groups in total. The molecule has 0 saturated carbocycles. The summed E-state index contributed by atoms with van der Waals surface area (Å²) >= 11 is 0. The van der Waals surface area contributed by atoms with Crippen LogP contribution in [0.3, 0.4) is 0 Å². The minimum Gasteiger partial charge on any atom is -0.725 e. The van der Waals surface area contributed by atoms with E-state index in [4.69, 9.17) is 0 Å². The summed E-state index contributed by atoms with van der Waals surface area (Å²) in [5.74, 6) is 0. The summed E-state index contributed by atoms with van der Waals surface area (Å²) < 4.78 is 0. The van der Waals surface area contributed by atoms with Gasteiger partial charge in [-0.1, -0.05) is 0 Å². The third-order valence-electron chi connectivity index (χ3n) is 1.86. The first-order chi connectivity index (χ1) is 5.72. The Bertz CT molecular complexity index is 145. The normalized spacial score (nSPS) is 20.8. The molecule has 6 heteroatoms. The number of rotatable bonds is 3. The average molecular weight is 172 g/mol. The van der Waals surface area contributed by atoms with Gasteiger partial charge in [-0.15, -0.1) is 0 Å². The second-order valence-electron chi connectivity index (χ2n) is 2.80. The lowest BCUT2D eigenvalue weighted by Crippen LogP contribution is -2.53. The molecule has 0 atom stereocenters. The van der Waals surface area contributed by atoms with Crippen LogP contribution in [0.2, 0.25) is 0 Å². The van der Waals surface area contributed by atoms with Crippen molar-refractivity contribution >= 4 is 6.72 Å². The molecular weight excluding hydrogens is 158 g/mol. The summed E-state index contributed by atoms with van der Waals surface area (Å²) in [5.41, 5.74) is 2.54. The van der Waals surface area contributed by atoms with Crippen LogP contribution in [0.15, 0.2) is 5.10 Å². The number of hydrazine groups is 2. The van der Waals surface area contributed by atoms with Gasteiger partial charge >= 0.3 is 0 Å². The van der Waals surface area contributed by atoms with Crippen molar-refractivity contribution in [1.82, 2.24) is 20.7 Å². The van der Waals surface area contributed by atoms with Crippen LogP contribution in [-0.2, 0) is 0 Å². The van der Waals surface area contributed by atoms with Gasteiger partial charge in [0.05, 0.1) is 0 Å². The number of hydrogen-bond acceptors (Lipinski definition) is 6. The highest BCUT2D eigenvalue weighted by molar-refractivity contribution is 5.22. The highest BCUT2D eigenvalue weighted by Gasteiger charge is 2.12. The van der Waals surface area contributed by atoms with E-state index in [1.165, 1.54) is 0 Å². The van der Waals surface area contributed by atoms with Gasteiger partial charge in [-0.05, 0) is 7.05 Å². The monoisotopic (exact) mass is 172 g/mol. The quantitative estimate of drug-likeness (QED) is 0.440. The molecule has 1 aliphatic heterocycles. The zero-order valence-corrected chi connectivity index (χ0v) is 7.23. The van der Waals surface area contributed by atoms with E-state index < -0.39 is 0 Å². The zero-order valence-electron chi connectivity index (χ0n) is 7.23. The van der Waals surface area contributed by atoms with Crippen molar-refractivity contribution in [2.45, 2.75) is 0 Å². The van der Waals surface area contributed by atoms with Crippen molar-refractivity contribution in [3.05, 3.63) is 5.21 Å². The fourth-order valence-electron chi connectivity index (χ4n) is 1.06. The summed E-state index contributed by atoms with van der Waals surface area (Å²) in [6, 6.07) is 0. The van der Waals surface area contributed by atoms with Crippen molar-refractivity contribution in [2.75, 3.05) is 33.2 Å². The van der Waals surface area contributed by atoms with E-state index >= 15 is 0 Å². The number of likely N-dealkylation sites (N-methyl/N-ethyl adjacent to an activating group) is 1. The van der Waals surface area contributed by atoms with E-state index in [1.807, 2.05) is 5.01 Å². The topological polar surface area (TPSA) is 57.2 Å². The van der Waals surface area contributed by atoms with Crippen LogP contribution in [0.25, 0.3) is 0 Å². The van der Waals surface area contributed by atoms with Gasteiger partial charge in [0, 0.05) is 32.9 Å². The molecule has 6 nitrogen and oxygen atoms in total. The molecule has 1 heterocycles. The zero-order chi connectivity index (χ0) is 8.97. The van der Waals surface area contributed by atoms with E-state index in [0.29, 0.717) is 5.28 Å². The maximum Gasteiger partial charge on any atom is 0.0277 e. The highest BCUT2D eigenvalue weighted by atomic mass is 16.6. The van der Waals surface area contributed by atoms with E-state index in [2.05, 4.69) is 29.3 Å². The van der Waals surface area contributed by atoms with Gasteiger partial charge in [-0.3, -0.25) is 5.28 Å². The van der Waals surface area contributed by atoms with E-state index in [1.54, 1.807) is 0 Å². The molecule has 70 valence electrons. The smallest absolute Gasteiger partial charge is 0.0277 e. The summed E-state index contributed by atoms with van der Waals surface area (Å²) in [6.07, 6.45) is 0. The number of hydrogen-bond donors (Lipinski definition) is 1. The molecule has 0 unspecified atom stereocenters. The maximum absolute atomic E-state index is 10.7. The Hall–Kier alpha value is -0.690. The van der Waals surface area contributed by atoms with Crippen LogP contribution >= 0.6 is 0 Å². The number of nitrogens with one attached hydrogen (secondary N) is 1. The first-order valence-electron chi connectivity index (χ1n) is 3.86. The minimum absolute atomic E-state index is 0.366. The molecule has 0 aromatic heterocycles. The Morgan fingerprint density at radius 2 is 2.00 bits per heavy atom. The van der Waals surface area contributed by atoms with Gasteiger partial charge in [0.1, 0.15) is 0 Å². The maximum atomic E-state index is 10.7. The van der Waals surface area contributed by atoms with Crippen molar-refractivity contribution in [2.24, 2.45) is 5.10 Å². The van der Waals surface area contributed by atoms with Crippen molar-refractivity contribution < 1.29 is 0 Å². The molecule has 0 aromatic carbocycles. The summed E-state index contributed by atoms with van der Waals surface area (Å²) in [4.78, 5) is 2.20. The van der Waals surface area contributed by atoms with Gasteiger partial charge in [-0.25, -0.2) is 5.01 Å². The highest BCUT2D eigenvalue weighted by Crippen LogP contribution is 1.95. The Morgan fingerprint density at radius 3 is 2.50 bits per heavy atom. The van der Waals surface area contributed by atoms with Crippen LogP contribution in [0, 0.1) is 5.21 Å². The molecule has 0 spiro atoms. The molecule has 1 aliphatic rings. The summed E-state index contributed by atoms with van der Waals surface area (Å²) in [5, 5.41) is 16.0. The first-order valence-corrected chi connectivity index (χ1v) is 3.86. The second-order valence-corrected chi connectivity index (χ2v) is 2.80. The van der Waals surface area contributed by atoms with Crippen LogP contribution in [-0.4, -0.2) is 55.1 Å². The largest absolute Gasteiger partial charge is 0.725 e. The Balaban J connectivity index is 2.21. The third kappa shape index (κ3) is 2.74. The van der Waals surface area contributed by atoms with Gasteiger partial charge in [0.2, 0.25) is 0 Å². The molecular formula is C6H14N5O-. The molecule has 12 heavy (non-hydrogen) atoms. The predicted molar refractivity (Wildman–Crippen MR) is 47.0 cm³/mol. The van der Waals surface area contributed by atoms with Gasteiger partial charge in [0.25, 0.3) is 0 Å². The van der Waals surface area contributed by atoms with Crippen molar-refractivity contribution in [3.63, 3.8) is 0 Å². The fourth-order valence-corrected chi connectivity index (χ4v) is 1.06. The van der Waals surface area contributed by atoms with Crippen LogP contribution in [0.4, 0.5) is 0 Å². The van der Waals surface area contributed by atoms with E-state index in [-0.39, 0.29) is 0 Å². The SMILES string of the molecule is C=NN([O-])NN1CCN(C)CC1. The number of piperazine rings is 1. The molecule has 0 radical (unpaired) electrons. The Morgan fingerprint density at radius 1 is 1.42 bits per heavy atom. The number of hydrazone groups is 1. The summed E-state index contributed by atoms with van der Waals surface area (Å²) in [7, 11) is 2.05. The number of nitrogens with zero attached hydrogens (tertiary/aromatic N) is 4. The minimum atomic E-state index is 0.366. The fraction of sp³-hybridized carbons (Fsp3) is 0.833. The Labute approximate surface area is 71.9 Å².